The van der Waals surface area contributed by atoms with Gasteiger partial charge in [-0.15, -0.1) is 0 Å². The fraction of sp³-hybridized carbons (Fsp3) is 0.519. The monoisotopic (exact) mass is 493 g/mol. The predicted octanol–water partition coefficient (Wildman–Crippen LogP) is 1.86. The number of anilines is 1. The van der Waals surface area contributed by atoms with Crippen molar-refractivity contribution in [1.29, 1.82) is 0 Å². The van der Waals surface area contributed by atoms with Gasteiger partial charge >= 0.3 is 5.91 Å². The minimum absolute atomic E-state index is 0.0480. The van der Waals surface area contributed by atoms with Gasteiger partial charge in [-0.2, -0.15) is 4.58 Å². The largest absolute Gasteiger partial charge is 0.390 e. The molecule has 3 N–H and O–H groups in total. The Morgan fingerprint density at radius 1 is 1.19 bits per heavy atom. The van der Waals surface area contributed by atoms with Gasteiger partial charge in [-0.1, -0.05) is 24.3 Å². The number of benzene rings is 1. The van der Waals surface area contributed by atoms with Gasteiger partial charge in [0.1, 0.15) is 24.9 Å². The molecular weight excluding hydrogens is 456 g/mol. The number of nitrogens with zero attached hydrogens (tertiary/aromatic N) is 4. The van der Waals surface area contributed by atoms with Crippen LogP contribution >= 0.6 is 0 Å². The highest BCUT2D eigenvalue weighted by atomic mass is 16.3. The van der Waals surface area contributed by atoms with E-state index in [4.69, 9.17) is 0 Å². The topological polar surface area (TPSA) is 110 Å². The first-order valence-electron chi connectivity index (χ1n) is 12.8. The summed E-state index contributed by atoms with van der Waals surface area (Å²) in [6, 6.07) is 10.3. The molecule has 1 fully saturated rings. The van der Waals surface area contributed by atoms with Gasteiger partial charge in [0.05, 0.1) is 13.0 Å². The number of rotatable bonds is 8. The summed E-state index contributed by atoms with van der Waals surface area (Å²) in [4.78, 5) is 34.7. The smallest absolute Gasteiger partial charge is 0.383 e. The maximum atomic E-state index is 12.7. The number of aliphatic hydroxyl groups is 1. The lowest BCUT2D eigenvalue weighted by molar-refractivity contribution is -0.414. The molecule has 1 aromatic heterocycles. The quantitative estimate of drug-likeness (QED) is 0.380. The molecule has 1 atom stereocenters. The highest BCUT2D eigenvalue weighted by Gasteiger charge is 2.24. The van der Waals surface area contributed by atoms with Crippen molar-refractivity contribution in [3.05, 3.63) is 53.5 Å². The van der Waals surface area contributed by atoms with Crippen molar-refractivity contribution < 1.29 is 19.3 Å². The summed E-state index contributed by atoms with van der Waals surface area (Å²) in [6.07, 6.45) is 7.64. The maximum Gasteiger partial charge on any atom is 0.383 e. The Bertz CT molecular complexity index is 1100. The van der Waals surface area contributed by atoms with E-state index in [1.54, 1.807) is 24.6 Å². The normalized spacial score (nSPS) is 21.4. The van der Waals surface area contributed by atoms with Crippen molar-refractivity contribution >= 4 is 23.8 Å². The molecule has 2 aliphatic rings. The molecule has 2 amide bonds. The summed E-state index contributed by atoms with van der Waals surface area (Å²) in [5.74, 6) is 0.742. The van der Waals surface area contributed by atoms with E-state index < -0.39 is 6.10 Å². The number of amides is 2. The summed E-state index contributed by atoms with van der Waals surface area (Å²) >= 11 is 0. The number of β-amino-alcohol motifs (C(OH)–C–C–N with tert-alkyl or cyclic N) is 1. The minimum atomic E-state index is -0.660. The molecular formula is C27H37N6O3+. The third kappa shape index (κ3) is 7.18. The van der Waals surface area contributed by atoms with Crippen LogP contribution in [0.15, 0.2) is 36.7 Å². The standard InChI is InChI=1S/C27H36N6O3/c1-19(34)32(2)15-20-7-9-23(10-8-20)31-26-13-25(29-18-30-26)27(36)28-14-24(35)17-33-12-11-21-5-3-4-6-22(21)16-33/h3-6,13,15,18,20,23-24,35H,7-12,14,16-17H2,1-2H3,(H-,28,29,30,31,36)/p+1/b32-15+/t20?,23?,24-/m0/s1. The number of hydrogen-bond donors (Lipinski definition) is 3. The number of carbonyl (C=O) groups is 2. The van der Waals surface area contributed by atoms with Crippen LogP contribution in [-0.4, -0.2) is 81.4 Å². The fourth-order valence-corrected chi connectivity index (χ4v) is 4.98. The molecule has 0 radical (unpaired) electrons. The zero-order valence-electron chi connectivity index (χ0n) is 21.2. The van der Waals surface area contributed by atoms with Crippen LogP contribution in [-0.2, 0) is 17.8 Å². The van der Waals surface area contributed by atoms with E-state index in [1.165, 1.54) is 17.5 Å². The lowest BCUT2D eigenvalue weighted by Crippen LogP contribution is -2.42. The average Bonchev–Trinajstić information content (AvgIpc) is 2.88. The Hall–Kier alpha value is -3.17. The second-order valence-corrected chi connectivity index (χ2v) is 9.94. The predicted molar refractivity (Wildman–Crippen MR) is 138 cm³/mol. The van der Waals surface area contributed by atoms with Gasteiger partial charge in [0.15, 0.2) is 6.21 Å². The molecule has 0 bridgehead atoms. The number of aromatic nitrogens is 2. The fourth-order valence-electron chi connectivity index (χ4n) is 4.98. The molecule has 2 heterocycles. The first-order chi connectivity index (χ1) is 17.4. The number of nitrogens with one attached hydrogen (secondary N) is 2. The Morgan fingerprint density at radius 2 is 1.94 bits per heavy atom. The molecule has 1 aliphatic carbocycles. The van der Waals surface area contributed by atoms with Gasteiger partial charge in [-0.3, -0.25) is 9.69 Å². The van der Waals surface area contributed by atoms with E-state index >= 15 is 0 Å². The average molecular weight is 494 g/mol. The zero-order chi connectivity index (χ0) is 25.5. The van der Waals surface area contributed by atoms with Crippen LogP contribution in [0.5, 0.6) is 0 Å². The van der Waals surface area contributed by atoms with Gasteiger partial charge in [0.25, 0.3) is 5.91 Å². The van der Waals surface area contributed by atoms with E-state index in [1.807, 2.05) is 12.3 Å². The van der Waals surface area contributed by atoms with Crippen molar-refractivity contribution in [2.75, 3.05) is 32.0 Å². The molecule has 0 unspecified atom stereocenters. The van der Waals surface area contributed by atoms with Gasteiger partial charge in [0, 0.05) is 44.2 Å². The van der Waals surface area contributed by atoms with Crippen LogP contribution in [0.1, 0.15) is 54.2 Å². The summed E-state index contributed by atoms with van der Waals surface area (Å²) in [7, 11) is 1.80. The molecule has 192 valence electrons. The van der Waals surface area contributed by atoms with Crippen LogP contribution < -0.4 is 10.6 Å². The molecule has 0 saturated heterocycles. The van der Waals surface area contributed by atoms with Crippen LogP contribution in [0.2, 0.25) is 0 Å². The minimum Gasteiger partial charge on any atom is -0.390 e. The van der Waals surface area contributed by atoms with Crippen molar-refractivity contribution in [2.45, 2.75) is 57.7 Å². The van der Waals surface area contributed by atoms with Gasteiger partial charge in [-0.25, -0.2) is 14.8 Å². The Kier molecular flexibility index (Phi) is 8.77. The van der Waals surface area contributed by atoms with Crippen LogP contribution in [0.3, 0.4) is 0 Å². The molecule has 2 aromatic rings. The van der Waals surface area contributed by atoms with Gasteiger partial charge < -0.3 is 15.7 Å². The molecule has 9 heteroatoms. The first kappa shape index (κ1) is 25.9. The zero-order valence-corrected chi connectivity index (χ0v) is 21.2. The molecule has 9 nitrogen and oxygen atoms in total. The summed E-state index contributed by atoms with van der Waals surface area (Å²) in [5, 5.41) is 16.7. The second-order valence-electron chi connectivity index (χ2n) is 9.94. The van der Waals surface area contributed by atoms with Crippen LogP contribution in [0, 0.1) is 5.92 Å². The van der Waals surface area contributed by atoms with E-state index in [9.17, 15) is 14.7 Å². The molecule has 1 aliphatic heterocycles. The van der Waals surface area contributed by atoms with E-state index in [0.717, 1.165) is 45.2 Å². The third-order valence-electron chi connectivity index (χ3n) is 7.13. The van der Waals surface area contributed by atoms with Gasteiger partial charge in [-0.05, 0) is 43.2 Å². The summed E-state index contributed by atoms with van der Waals surface area (Å²) in [5.41, 5.74) is 2.95. The van der Waals surface area contributed by atoms with Crippen molar-refractivity contribution in [3.8, 4) is 0 Å². The highest BCUT2D eigenvalue weighted by Crippen LogP contribution is 2.25. The highest BCUT2D eigenvalue weighted by molar-refractivity contribution is 5.92. The first-order valence-corrected chi connectivity index (χ1v) is 12.8. The molecule has 4 rings (SSSR count). The number of fused-ring (bicyclic) bond motifs is 1. The Balaban J connectivity index is 1.22. The molecule has 36 heavy (non-hydrogen) atoms. The van der Waals surface area contributed by atoms with E-state index in [0.29, 0.717) is 18.3 Å². The number of aliphatic hydroxyl groups excluding tert-OH is 1. The molecule has 1 saturated carbocycles. The van der Waals surface area contributed by atoms with E-state index in [-0.39, 0.29) is 30.1 Å². The summed E-state index contributed by atoms with van der Waals surface area (Å²) in [6.45, 7) is 3.96. The molecule has 1 aromatic carbocycles. The Morgan fingerprint density at radius 3 is 2.69 bits per heavy atom. The van der Waals surface area contributed by atoms with Crippen molar-refractivity contribution in [1.82, 2.24) is 20.2 Å². The van der Waals surface area contributed by atoms with E-state index in [2.05, 4.69) is 43.7 Å². The molecule has 0 spiro atoms. The van der Waals surface area contributed by atoms with Crippen LogP contribution in [0.25, 0.3) is 0 Å². The Labute approximate surface area is 212 Å². The summed E-state index contributed by atoms with van der Waals surface area (Å²) < 4.78 is 1.66. The number of hydrogen-bond acceptors (Lipinski definition) is 7. The SMILES string of the molecule is CC(=O)/[N+](C)=C/C1CCC(Nc2cc(C(=O)NC[C@H](O)CN3CCc4ccccc4C3)ncn2)CC1. The number of carbonyl (C=O) groups excluding carboxylic acids is 2. The van der Waals surface area contributed by atoms with Crippen molar-refractivity contribution in [2.24, 2.45) is 5.92 Å². The lowest BCUT2D eigenvalue weighted by atomic mass is 9.86. The van der Waals surface area contributed by atoms with Crippen molar-refractivity contribution in [3.63, 3.8) is 0 Å². The van der Waals surface area contributed by atoms with Crippen LogP contribution in [0.4, 0.5) is 5.82 Å². The third-order valence-corrected chi connectivity index (χ3v) is 7.13. The lowest BCUT2D eigenvalue weighted by Gasteiger charge is -2.30. The van der Waals surface area contributed by atoms with Gasteiger partial charge in [0.2, 0.25) is 0 Å². The maximum absolute atomic E-state index is 12.7. The second kappa shape index (κ2) is 12.2.